The quantitative estimate of drug-likeness (QED) is 0.870. The van der Waals surface area contributed by atoms with E-state index in [1.165, 1.54) is 12.5 Å². The highest BCUT2D eigenvalue weighted by molar-refractivity contribution is 6.04. The summed E-state index contributed by atoms with van der Waals surface area (Å²) in [6, 6.07) is 3.40. The van der Waals surface area contributed by atoms with E-state index in [0.717, 1.165) is 0 Å². The van der Waals surface area contributed by atoms with Crippen LogP contribution < -0.4 is 5.32 Å². The van der Waals surface area contributed by atoms with Crippen molar-refractivity contribution in [2.45, 2.75) is 13.3 Å². The predicted octanol–water partition coefficient (Wildman–Crippen LogP) is 1.75. The molecule has 7 nitrogen and oxygen atoms in total. The first-order valence-electron chi connectivity index (χ1n) is 6.95. The second-order valence-corrected chi connectivity index (χ2v) is 4.74. The Balaban J connectivity index is 1.86. The molecule has 0 spiro atoms. The number of esters is 1. The molecular formula is C15H15N3O4. The van der Waals surface area contributed by atoms with Gasteiger partial charge in [-0.15, -0.1) is 0 Å². The molecule has 0 unspecified atom stereocenters. The van der Waals surface area contributed by atoms with Crippen LogP contribution in [0.1, 0.15) is 23.7 Å². The molecule has 0 radical (unpaired) electrons. The van der Waals surface area contributed by atoms with Crippen LogP contribution in [-0.2, 0) is 14.3 Å². The molecule has 0 saturated heterocycles. The molecule has 1 aliphatic heterocycles. The molecule has 0 aromatic carbocycles. The average Bonchev–Trinajstić information content (AvgIpc) is 3.17. The topological polar surface area (TPSA) is 81.9 Å². The van der Waals surface area contributed by atoms with E-state index in [0.29, 0.717) is 42.0 Å². The third kappa shape index (κ3) is 2.65. The van der Waals surface area contributed by atoms with Gasteiger partial charge in [-0.05, 0) is 19.1 Å². The number of nitrogens with zero attached hydrogens (tertiary/aromatic N) is 2. The fourth-order valence-corrected chi connectivity index (χ4v) is 2.19. The minimum Gasteiger partial charge on any atom is -0.500 e. The lowest BCUT2D eigenvalue weighted by molar-refractivity contribution is -0.112. The maximum atomic E-state index is 12.0. The van der Waals surface area contributed by atoms with Crippen molar-refractivity contribution in [1.82, 2.24) is 9.61 Å². The zero-order valence-electron chi connectivity index (χ0n) is 12.0. The first-order valence-corrected chi connectivity index (χ1v) is 6.95. The van der Waals surface area contributed by atoms with Crippen LogP contribution in [0.25, 0.3) is 5.52 Å². The average molecular weight is 301 g/mol. The summed E-state index contributed by atoms with van der Waals surface area (Å²) < 4.78 is 11.6. The van der Waals surface area contributed by atoms with E-state index in [9.17, 15) is 9.59 Å². The SMILES string of the molecule is CCOC(=O)c1cnn2ccc(NC(=O)C3=COCC3)cc12. The number of aromatic nitrogens is 2. The van der Waals surface area contributed by atoms with Crippen molar-refractivity contribution in [1.29, 1.82) is 0 Å². The van der Waals surface area contributed by atoms with Gasteiger partial charge in [0.05, 0.1) is 36.8 Å². The lowest BCUT2D eigenvalue weighted by Crippen LogP contribution is -2.13. The van der Waals surface area contributed by atoms with Gasteiger partial charge in [0.25, 0.3) is 5.91 Å². The van der Waals surface area contributed by atoms with Crippen LogP contribution in [0.4, 0.5) is 5.69 Å². The van der Waals surface area contributed by atoms with Crippen molar-refractivity contribution in [2.24, 2.45) is 0 Å². The number of anilines is 1. The summed E-state index contributed by atoms with van der Waals surface area (Å²) in [6.45, 7) is 2.56. The molecule has 0 atom stereocenters. The first-order chi connectivity index (χ1) is 10.7. The van der Waals surface area contributed by atoms with E-state index in [1.807, 2.05) is 0 Å². The maximum Gasteiger partial charge on any atom is 0.341 e. The molecular weight excluding hydrogens is 286 g/mol. The summed E-state index contributed by atoms with van der Waals surface area (Å²) >= 11 is 0. The van der Waals surface area contributed by atoms with Crippen LogP contribution in [0.15, 0.2) is 36.4 Å². The summed E-state index contributed by atoms with van der Waals surface area (Å²) in [5.41, 5.74) is 2.12. The third-order valence-corrected chi connectivity index (χ3v) is 3.28. The summed E-state index contributed by atoms with van der Waals surface area (Å²) in [7, 11) is 0. The highest BCUT2D eigenvalue weighted by Crippen LogP contribution is 2.19. The molecule has 0 aliphatic carbocycles. The van der Waals surface area contributed by atoms with Gasteiger partial charge >= 0.3 is 5.97 Å². The van der Waals surface area contributed by atoms with Crippen LogP contribution in [0, 0.1) is 0 Å². The highest BCUT2D eigenvalue weighted by atomic mass is 16.5. The molecule has 2 aromatic heterocycles. The number of hydrogen-bond acceptors (Lipinski definition) is 5. The van der Waals surface area contributed by atoms with E-state index in [-0.39, 0.29) is 5.91 Å². The Kier molecular flexibility index (Phi) is 3.78. The van der Waals surface area contributed by atoms with Gasteiger partial charge in [-0.3, -0.25) is 4.79 Å². The molecule has 22 heavy (non-hydrogen) atoms. The summed E-state index contributed by atoms with van der Waals surface area (Å²) in [4.78, 5) is 23.9. The number of ether oxygens (including phenoxy) is 2. The molecule has 1 N–H and O–H groups in total. The molecule has 1 amide bonds. The molecule has 0 saturated carbocycles. The highest BCUT2D eigenvalue weighted by Gasteiger charge is 2.17. The Labute approximate surface area is 126 Å². The Bertz CT molecular complexity index is 763. The molecule has 0 bridgehead atoms. The van der Waals surface area contributed by atoms with Crippen LogP contribution in [-0.4, -0.2) is 34.7 Å². The molecule has 1 aliphatic rings. The molecule has 3 rings (SSSR count). The van der Waals surface area contributed by atoms with Crippen molar-refractivity contribution in [3.8, 4) is 0 Å². The van der Waals surface area contributed by atoms with Crippen LogP contribution in [0.3, 0.4) is 0 Å². The van der Waals surface area contributed by atoms with Gasteiger partial charge in [0, 0.05) is 18.3 Å². The normalized spacial score (nSPS) is 13.6. The zero-order valence-corrected chi connectivity index (χ0v) is 12.0. The van der Waals surface area contributed by atoms with E-state index in [4.69, 9.17) is 9.47 Å². The fraction of sp³-hybridized carbons (Fsp3) is 0.267. The number of amides is 1. The summed E-state index contributed by atoms with van der Waals surface area (Å²) in [5.74, 6) is -0.646. The molecule has 3 heterocycles. The van der Waals surface area contributed by atoms with Gasteiger partial charge in [-0.25, -0.2) is 9.31 Å². The molecule has 2 aromatic rings. The number of hydrogen-bond donors (Lipinski definition) is 1. The second kappa shape index (κ2) is 5.88. The number of fused-ring (bicyclic) bond motifs is 1. The van der Waals surface area contributed by atoms with E-state index >= 15 is 0 Å². The standard InChI is InChI=1S/C15H15N3O4/c1-2-22-15(20)12-8-16-18-5-3-11(7-13(12)18)17-14(19)10-4-6-21-9-10/h3,5,7-9H,2,4,6H2,1H3,(H,17,19). The van der Waals surface area contributed by atoms with E-state index in [2.05, 4.69) is 10.4 Å². The van der Waals surface area contributed by atoms with Gasteiger partial charge in [-0.2, -0.15) is 5.10 Å². The van der Waals surface area contributed by atoms with E-state index < -0.39 is 5.97 Å². The van der Waals surface area contributed by atoms with E-state index in [1.54, 1.807) is 29.8 Å². The number of pyridine rings is 1. The van der Waals surface area contributed by atoms with Crippen LogP contribution >= 0.6 is 0 Å². The maximum absolute atomic E-state index is 12.0. The first kappa shape index (κ1) is 14.1. The number of carbonyl (C=O) groups is 2. The molecule has 114 valence electrons. The number of carbonyl (C=O) groups excluding carboxylic acids is 2. The van der Waals surface area contributed by atoms with Crippen molar-refractivity contribution < 1.29 is 19.1 Å². The Hall–Kier alpha value is -2.83. The van der Waals surface area contributed by atoms with Crippen LogP contribution in [0.2, 0.25) is 0 Å². The smallest absolute Gasteiger partial charge is 0.341 e. The monoisotopic (exact) mass is 301 g/mol. The second-order valence-electron chi connectivity index (χ2n) is 4.74. The van der Waals surface area contributed by atoms with Gasteiger partial charge in [0.15, 0.2) is 0 Å². The van der Waals surface area contributed by atoms with Gasteiger partial charge in [-0.1, -0.05) is 0 Å². The van der Waals surface area contributed by atoms with Crippen molar-refractivity contribution in [3.05, 3.63) is 41.9 Å². The summed E-state index contributed by atoms with van der Waals surface area (Å²) in [6.07, 6.45) is 5.19. The molecule has 7 heteroatoms. The Morgan fingerprint density at radius 1 is 1.50 bits per heavy atom. The Morgan fingerprint density at radius 2 is 2.36 bits per heavy atom. The molecule has 0 fully saturated rings. The van der Waals surface area contributed by atoms with Crippen molar-refractivity contribution >= 4 is 23.1 Å². The number of rotatable bonds is 4. The minimum atomic E-state index is -0.437. The van der Waals surface area contributed by atoms with Gasteiger partial charge in [0.1, 0.15) is 5.56 Å². The minimum absolute atomic E-state index is 0.209. The largest absolute Gasteiger partial charge is 0.500 e. The third-order valence-electron chi connectivity index (χ3n) is 3.28. The van der Waals surface area contributed by atoms with Gasteiger partial charge in [0.2, 0.25) is 0 Å². The van der Waals surface area contributed by atoms with Crippen LogP contribution in [0.5, 0.6) is 0 Å². The lowest BCUT2D eigenvalue weighted by atomic mass is 10.2. The summed E-state index contributed by atoms with van der Waals surface area (Å²) in [5, 5.41) is 6.87. The lowest BCUT2D eigenvalue weighted by Gasteiger charge is -2.06. The van der Waals surface area contributed by atoms with Crippen molar-refractivity contribution in [2.75, 3.05) is 18.5 Å². The zero-order chi connectivity index (χ0) is 15.5. The fourth-order valence-electron chi connectivity index (χ4n) is 2.19. The number of nitrogens with one attached hydrogen (secondary N) is 1. The van der Waals surface area contributed by atoms with Gasteiger partial charge < -0.3 is 14.8 Å². The Morgan fingerprint density at radius 3 is 3.09 bits per heavy atom. The predicted molar refractivity (Wildman–Crippen MR) is 78.4 cm³/mol. The van der Waals surface area contributed by atoms with Crippen molar-refractivity contribution in [3.63, 3.8) is 0 Å².